The Balaban J connectivity index is 1.44. The quantitative estimate of drug-likeness (QED) is 0.430. The van der Waals surface area contributed by atoms with Gasteiger partial charge in [0.05, 0.1) is 12.2 Å². The highest BCUT2D eigenvalue weighted by Gasteiger charge is 2.43. The summed E-state index contributed by atoms with van der Waals surface area (Å²) in [6.07, 6.45) is 12.6. The van der Waals surface area contributed by atoms with Crippen molar-refractivity contribution in [2.24, 2.45) is 17.8 Å². The number of aryl methyl sites for hydroxylation is 2. The van der Waals surface area contributed by atoms with E-state index in [1.165, 1.54) is 16.7 Å². The number of carbonyl (C=O) groups is 1. The Bertz CT molecular complexity index is 797. The molecule has 0 radical (unpaired) electrons. The number of benzene rings is 1. The lowest BCUT2D eigenvalue weighted by molar-refractivity contribution is -0.128. The second-order valence-corrected chi connectivity index (χ2v) is 9.65. The van der Waals surface area contributed by atoms with Crippen molar-refractivity contribution in [1.82, 2.24) is 4.90 Å². The number of unbranched alkanes of at least 4 members (excludes halogenated alkanes) is 1. The number of hydrogen-bond donors (Lipinski definition) is 2. The SMILES string of the molecule is Cc1ccccc1CC[C@@H](O)C=C[C@@H]1[C@H]2CC(CCCCC(=O)N(C)C)=C[C@H]2C[C@H]1O. The average molecular weight is 426 g/mol. The molecule has 0 saturated heterocycles. The molecule has 0 spiro atoms. The molecule has 31 heavy (non-hydrogen) atoms. The average Bonchev–Trinajstić information content (AvgIpc) is 3.25. The van der Waals surface area contributed by atoms with Gasteiger partial charge in [-0.3, -0.25) is 4.79 Å². The molecule has 0 aromatic heterocycles. The summed E-state index contributed by atoms with van der Waals surface area (Å²) in [4.78, 5) is 13.4. The monoisotopic (exact) mass is 425 g/mol. The van der Waals surface area contributed by atoms with Crippen molar-refractivity contribution in [2.45, 2.75) is 70.5 Å². The van der Waals surface area contributed by atoms with Gasteiger partial charge in [0.2, 0.25) is 5.91 Å². The first-order chi connectivity index (χ1) is 14.8. The van der Waals surface area contributed by atoms with Gasteiger partial charge < -0.3 is 15.1 Å². The fourth-order valence-corrected chi connectivity index (χ4v) is 5.19. The Hall–Kier alpha value is -1.91. The molecule has 0 unspecified atom stereocenters. The fourth-order valence-electron chi connectivity index (χ4n) is 5.19. The summed E-state index contributed by atoms with van der Waals surface area (Å²) in [5.41, 5.74) is 4.04. The minimum atomic E-state index is -0.478. The van der Waals surface area contributed by atoms with Crippen LogP contribution in [0.1, 0.15) is 56.1 Å². The van der Waals surface area contributed by atoms with Crippen molar-refractivity contribution in [3.05, 3.63) is 59.2 Å². The molecule has 3 rings (SSSR count). The van der Waals surface area contributed by atoms with Crippen LogP contribution < -0.4 is 0 Å². The molecule has 0 bridgehead atoms. The van der Waals surface area contributed by atoms with Gasteiger partial charge in [0.1, 0.15) is 0 Å². The Morgan fingerprint density at radius 2 is 2.00 bits per heavy atom. The highest BCUT2D eigenvalue weighted by atomic mass is 16.3. The van der Waals surface area contributed by atoms with Crippen molar-refractivity contribution in [1.29, 1.82) is 0 Å². The van der Waals surface area contributed by atoms with Crippen LogP contribution in [-0.4, -0.2) is 47.3 Å². The van der Waals surface area contributed by atoms with Crippen LogP contribution in [0.4, 0.5) is 0 Å². The topological polar surface area (TPSA) is 60.8 Å². The van der Waals surface area contributed by atoms with Crippen LogP contribution in [0.15, 0.2) is 48.1 Å². The summed E-state index contributed by atoms with van der Waals surface area (Å²) in [5, 5.41) is 21.0. The molecule has 4 nitrogen and oxygen atoms in total. The zero-order valence-corrected chi connectivity index (χ0v) is 19.3. The van der Waals surface area contributed by atoms with Crippen LogP contribution in [0.25, 0.3) is 0 Å². The van der Waals surface area contributed by atoms with Crippen molar-refractivity contribution < 1.29 is 15.0 Å². The van der Waals surface area contributed by atoms with Crippen molar-refractivity contribution in [2.75, 3.05) is 14.1 Å². The van der Waals surface area contributed by atoms with E-state index < -0.39 is 6.10 Å². The smallest absolute Gasteiger partial charge is 0.222 e. The summed E-state index contributed by atoms with van der Waals surface area (Å²) in [6.45, 7) is 2.11. The lowest BCUT2D eigenvalue weighted by Crippen LogP contribution is -2.21. The van der Waals surface area contributed by atoms with Gasteiger partial charge >= 0.3 is 0 Å². The third-order valence-electron chi connectivity index (χ3n) is 7.11. The Morgan fingerprint density at radius 3 is 2.74 bits per heavy atom. The molecule has 1 aromatic rings. The highest BCUT2D eigenvalue weighted by Crippen LogP contribution is 2.48. The number of aliphatic hydroxyl groups is 2. The second kappa shape index (κ2) is 11.1. The van der Waals surface area contributed by atoms with Crippen LogP contribution in [0.5, 0.6) is 0 Å². The molecule has 2 N–H and O–H groups in total. The number of amides is 1. The molecular weight excluding hydrogens is 386 g/mol. The summed E-state index contributed by atoms with van der Waals surface area (Å²) in [5.74, 6) is 1.23. The van der Waals surface area contributed by atoms with Gasteiger partial charge in [-0.05, 0) is 74.8 Å². The summed E-state index contributed by atoms with van der Waals surface area (Å²) >= 11 is 0. The number of hydrogen-bond acceptors (Lipinski definition) is 3. The number of allylic oxidation sites excluding steroid dienone is 2. The predicted molar refractivity (Wildman–Crippen MR) is 126 cm³/mol. The maximum atomic E-state index is 11.7. The van der Waals surface area contributed by atoms with Crippen LogP contribution >= 0.6 is 0 Å². The minimum Gasteiger partial charge on any atom is -0.392 e. The van der Waals surface area contributed by atoms with E-state index in [9.17, 15) is 15.0 Å². The molecule has 1 saturated carbocycles. The van der Waals surface area contributed by atoms with Gasteiger partial charge in [-0.1, -0.05) is 48.1 Å². The maximum Gasteiger partial charge on any atom is 0.222 e. The number of carbonyl (C=O) groups excluding carboxylic acids is 1. The van der Waals surface area contributed by atoms with Gasteiger partial charge in [-0.15, -0.1) is 0 Å². The molecule has 0 aliphatic heterocycles. The van der Waals surface area contributed by atoms with Crippen molar-refractivity contribution >= 4 is 5.91 Å². The first-order valence-electron chi connectivity index (χ1n) is 11.8. The van der Waals surface area contributed by atoms with Gasteiger partial charge in [0.15, 0.2) is 0 Å². The molecule has 5 atom stereocenters. The molecule has 2 aliphatic rings. The fraction of sp³-hybridized carbons (Fsp3) is 0.593. The van der Waals surface area contributed by atoms with Crippen LogP contribution in [0.2, 0.25) is 0 Å². The van der Waals surface area contributed by atoms with E-state index >= 15 is 0 Å². The van der Waals surface area contributed by atoms with E-state index in [2.05, 4.69) is 31.2 Å². The summed E-state index contributed by atoms with van der Waals surface area (Å²) in [7, 11) is 3.61. The van der Waals surface area contributed by atoms with Gasteiger partial charge in [-0.2, -0.15) is 0 Å². The lowest BCUT2D eigenvalue weighted by atomic mass is 9.88. The zero-order valence-electron chi connectivity index (χ0n) is 19.3. The molecule has 1 amide bonds. The normalized spacial score (nSPS) is 26.2. The Labute approximate surface area is 187 Å². The van der Waals surface area contributed by atoms with Gasteiger partial charge in [0.25, 0.3) is 0 Å². The molecule has 4 heteroatoms. The molecule has 0 heterocycles. The Kier molecular flexibility index (Phi) is 8.50. The largest absolute Gasteiger partial charge is 0.392 e. The molecule has 1 aromatic carbocycles. The second-order valence-electron chi connectivity index (χ2n) is 9.65. The predicted octanol–water partition coefficient (Wildman–Crippen LogP) is 4.44. The highest BCUT2D eigenvalue weighted by molar-refractivity contribution is 5.75. The van der Waals surface area contributed by atoms with Gasteiger partial charge in [-0.25, -0.2) is 0 Å². The molecule has 2 aliphatic carbocycles. The molecular formula is C27H39NO3. The summed E-state index contributed by atoms with van der Waals surface area (Å²) in [6, 6.07) is 8.32. The van der Waals surface area contributed by atoms with E-state index in [-0.39, 0.29) is 17.9 Å². The van der Waals surface area contributed by atoms with E-state index in [0.717, 1.165) is 38.5 Å². The maximum absolute atomic E-state index is 11.7. The van der Waals surface area contributed by atoms with E-state index in [4.69, 9.17) is 0 Å². The van der Waals surface area contributed by atoms with Crippen molar-refractivity contribution in [3.63, 3.8) is 0 Å². The van der Waals surface area contributed by atoms with E-state index in [1.54, 1.807) is 4.90 Å². The summed E-state index contributed by atoms with van der Waals surface area (Å²) < 4.78 is 0. The number of fused-ring (bicyclic) bond motifs is 1. The van der Waals surface area contributed by atoms with Crippen LogP contribution in [-0.2, 0) is 11.2 Å². The first-order valence-corrected chi connectivity index (χ1v) is 11.8. The molecule has 1 fully saturated rings. The minimum absolute atomic E-state index is 0.127. The number of aliphatic hydroxyl groups excluding tert-OH is 2. The standard InChI is InChI=1S/C27H39NO3/c1-19-8-4-6-10-21(19)12-13-23(29)14-15-24-25-17-20(16-22(25)18-26(24)30)9-5-7-11-27(31)28(2)3/h4,6,8,10,14-16,22-26,29-30H,5,7,9,11-13,17-18H2,1-3H3/t22-,23+,24+,25-,26+/m0/s1. The third-order valence-corrected chi connectivity index (χ3v) is 7.11. The number of nitrogens with zero attached hydrogens (tertiary/aromatic N) is 1. The Morgan fingerprint density at radius 1 is 1.23 bits per heavy atom. The molecule has 170 valence electrons. The van der Waals surface area contributed by atoms with E-state index in [0.29, 0.717) is 24.7 Å². The van der Waals surface area contributed by atoms with Crippen molar-refractivity contribution in [3.8, 4) is 0 Å². The first kappa shape index (κ1) is 23.7. The third kappa shape index (κ3) is 6.54. The zero-order chi connectivity index (χ0) is 22.4. The van der Waals surface area contributed by atoms with Gasteiger partial charge in [0, 0.05) is 26.4 Å². The van der Waals surface area contributed by atoms with E-state index in [1.807, 2.05) is 32.3 Å². The van der Waals surface area contributed by atoms with Crippen LogP contribution in [0, 0.1) is 24.7 Å². The van der Waals surface area contributed by atoms with Crippen LogP contribution in [0.3, 0.4) is 0 Å². The lowest BCUT2D eigenvalue weighted by Gasteiger charge is -2.19. The number of rotatable bonds is 10.